The molecule has 0 aromatic heterocycles. The molecule has 0 atom stereocenters. The van der Waals surface area contributed by atoms with Gasteiger partial charge in [-0.15, -0.1) is 0 Å². The van der Waals surface area contributed by atoms with Gasteiger partial charge >= 0.3 is 12.2 Å². The van der Waals surface area contributed by atoms with E-state index in [0.29, 0.717) is 13.1 Å². The molecule has 7 heteroatoms. The lowest BCUT2D eigenvalue weighted by molar-refractivity contribution is -0.136. The zero-order valence-electron chi connectivity index (χ0n) is 10.8. The van der Waals surface area contributed by atoms with Gasteiger partial charge in [0.2, 0.25) is 0 Å². The molecule has 0 spiro atoms. The summed E-state index contributed by atoms with van der Waals surface area (Å²) in [4.78, 5) is 13.5. The van der Waals surface area contributed by atoms with Gasteiger partial charge in [0.1, 0.15) is 0 Å². The van der Waals surface area contributed by atoms with Gasteiger partial charge in [-0.05, 0) is 37.5 Å². The molecular formula is C13H16F3N3O. The molecule has 1 aromatic rings. The van der Waals surface area contributed by atoms with Crippen molar-refractivity contribution in [3.05, 3.63) is 23.8 Å². The SMILES string of the molecule is Nc1ccc(NC(=O)N2CCCCC2)cc1C(F)(F)F. The lowest BCUT2D eigenvalue weighted by Crippen LogP contribution is -2.38. The quantitative estimate of drug-likeness (QED) is 0.779. The Morgan fingerprint density at radius 1 is 1.20 bits per heavy atom. The van der Waals surface area contributed by atoms with E-state index in [-0.39, 0.29) is 17.4 Å². The molecule has 0 saturated carbocycles. The van der Waals surface area contributed by atoms with Gasteiger partial charge in [0.25, 0.3) is 0 Å². The van der Waals surface area contributed by atoms with E-state index < -0.39 is 11.7 Å². The number of anilines is 2. The number of carbonyl (C=O) groups is 1. The third-order valence-corrected chi connectivity index (χ3v) is 3.25. The van der Waals surface area contributed by atoms with Gasteiger partial charge in [0.05, 0.1) is 5.56 Å². The first-order valence-corrected chi connectivity index (χ1v) is 6.40. The molecule has 110 valence electrons. The first-order chi connectivity index (χ1) is 9.38. The van der Waals surface area contributed by atoms with Crippen LogP contribution in [0.5, 0.6) is 0 Å². The fourth-order valence-corrected chi connectivity index (χ4v) is 2.18. The summed E-state index contributed by atoms with van der Waals surface area (Å²) in [6.45, 7) is 1.26. The zero-order valence-corrected chi connectivity index (χ0v) is 10.8. The number of piperidine rings is 1. The largest absolute Gasteiger partial charge is 0.418 e. The summed E-state index contributed by atoms with van der Waals surface area (Å²) in [6, 6.07) is 3.00. The van der Waals surface area contributed by atoms with Crippen molar-refractivity contribution in [2.45, 2.75) is 25.4 Å². The molecule has 1 aromatic carbocycles. The molecule has 0 aliphatic carbocycles. The van der Waals surface area contributed by atoms with E-state index in [2.05, 4.69) is 5.32 Å². The molecule has 1 aliphatic heterocycles. The minimum Gasteiger partial charge on any atom is -0.398 e. The summed E-state index contributed by atoms with van der Waals surface area (Å²) in [7, 11) is 0. The zero-order chi connectivity index (χ0) is 14.8. The van der Waals surface area contributed by atoms with Gasteiger partial charge < -0.3 is 16.0 Å². The average molecular weight is 287 g/mol. The molecule has 0 radical (unpaired) electrons. The Morgan fingerprint density at radius 2 is 1.85 bits per heavy atom. The lowest BCUT2D eigenvalue weighted by atomic mass is 10.1. The maximum absolute atomic E-state index is 12.7. The molecule has 4 nitrogen and oxygen atoms in total. The number of nitrogens with one attached hydrogen (secondary N) is 1. The number of rotatable bonds is 1. The summed E-state index contributed by atoms with van der Waals surface area (Å²) in [6.07, 6.45) is -1.62. The van der Waals surface area contributed by atoms with Crippen LogP contribution in [0.2, 0.25) is 0 Å². The number of likely N-dealkylation sites (tertiary alicyclic amines) is 1. The Bertz CT molecular complexity index is 496. The third-order valence-electron chi connectivity index (χ3n) is 3.25. The van der Waals surface area contributed by atoms with E-state index in [9.17, 15) is 18.0 Å². The molecule has 1 aliphatic rings. The van der Waals surface area contributed by atoms with Crippen molar-refractivity contribution >= 4 is 17.4 Å². The number of nitrogen functional groups attached to an aromatic ring is 1. The van der Waals surface area contributed by atoms with E-state index in [1.54, 1.807) is 4.90 Å². The Kier molecular flexibility index (Phi) is 4.06. The van der Waals surface area contributed by atoms with Crippen molar-refractivity contribution in [3.63, 3.8) is 0 Å². The van der Waals surface area contributed by atoms with E-state index in [1.807, 2.05) is 0 Å². The van der Waals surface area contributed by atoms with Crippen LogP contribution in [0.15, 0.2) is 18.2 Å². The molecule has 0 unspecified atom stereocenters. The van der Waals surface area contributed by atoms with Crippen LogP contribution in [0, 0.1) is 0 Å². The Hall–Kier alpha value is -1.92. The fourth-order valence-electron chi connectivity index (χ4n) is 2.18. The van der Waals surface area contributed by atoms with Crippen molar-refractivity contribution < 1.29 is 18.0 Å². The molecule has 20 heavy (non-hydrogen) atoms. The highest BCUT2D eigenvalue weighted by atomic mass is 19.4. The second-order valence-corrected chi connectivity index (χ2v) is 4.78. The molecule has 2 amide bonds. The van der Waals surface area contributed by atoms with E-state index >= 15 is 0 Å². The van der Waals surface area contributed by atoms with Crippen molar-refractivity contribution in [1.82, 2.24) is 4.90 Å². The number of benzene rings is 1. The summed E-state index contributed by atoms with van der Waals surface area (Å²) in [5, 5.41) is 2.48. The number of carbonyl (C=O) groups excluding carboxylic acids is 1. The monoisotopic (exact) mass is 287 g/mol. The van der Waals surface area contributed by atoms with E-state index in [0.717, 1.165) is 31.4 Å². The van der Waals surface area contributed by atoms with Crippen molar-refractivity contribution in [3.8, 4) is 0 Å². The minimum atomic E-state index is -4.53. The Morgan fingerprint density at radius 3 is 2.45 bits per heavy atom. The number of nitrogens with zero attached hydrogens (tertiary/aromatic N) is 1. The number of alkyl halides is 3. The smallest absolute Gasteiger partial charge is 0.398 e. The first-order valence-electron chi connectivity index (χ1n) is 6.40. The van der Waals surface area contributed by atoms with Crippen LogP contribution in [0.4, 0.5) is 29.3 Å². The summed E-state index contributed by atoms with van der Waals surface area (Å²) in [5.74, 6) is 0. The molecular weight excluding hydrogens is 271 g/mol. The Labute approximate surface area is 114 Å². The van der Waals surface area contributed by atoms with Crippen molar-refractivity contribution in [2.75, 3.05) is 24.1 Å². The number of hydrogen-bond donors (Lipinski definition) is 2. The summed E-state index contributed by atoms with van der Waals surface area (Å²) < 4.78 is 38.2. The van der Waals surface area contributed by atoms with E-state index in [4.69, 9.17) is 5.73 Å². The Balaban J connectivity index is 2.11. The standard InChI is InChI=1S/C13H16F3N3O/c14-13(15,16)10-8-9(4-5-11(10)17)18-12(20)19-6-2-1-3-7-19/h4-5,8H,1-3,6-7,17H2,(H,18,20). The molecule has 1 fully saturated rings. The summed E-state index contributed by atoms with van der Waals surface area (Å²) in [5.41, 5.74) is 4.12. The number of nitrogens with two attached hydrogens (primary N) is 1. The molecule has 2 rings (SSSR count). The number of hydrogen-bond acceptors (Lipinski definition) is 2. The van der Waals surface area contributed by atoms with Crippen LogP contribution < -0.4 is 11.1 Å². The van der Waals surface area contributed by atoms with Crippen LogP contribution in [-0.4, -0.2) is 24.0 Å². The second kappa shape index (κ2) is 5.60. The normalized spacial score (nSPS) is 16.1. The first kappa shape index (κ1) is 14.5. The minimum absolute atomic E-state index is 0.0992. The van der Waals surface area contributed by atoms with Gasteiger partial charge in [-0.2, -0.15) is 13.2 Å². The average Bonchev–Trinajstić information content (AvgIpc) is 2.40. The van der Waals surface area contributed by atoms with Gasteiger partial charge in [-0.1, -0.05) is 0 Å². The van der Waals surface area contributed by atoms with Crippen molar-refractivity contribution in [1.29, 1.82) is 0 Å². The molecule has 1 heterocycles. The lowest BCUT2D eigenvalue weighted by Gasteiger charge is -2.27. The molecule has 3 N–H and O–H groups in total. The fraction of sp³-hybridized carbons (Fsp3) is 0.462. The van der Waals surface area contributed by atoms with Crippen LogP contribution in [-0.2, 0) is 6.18 Å². The second-order valence-electron chi connectivity index (χ2n) is 4.78. The van der Waals surface area contributed by atoms with Crippen molar-refractivity contribution in [2.24, 2.45) is 0 Å². The number of halogens is 3. The predicted molar refractivity (Wildman–Crippen MR) is 70.3 cm³/mol. The van der Waals surface area contributed by atoms with Gasteiger partial charge in [0, 0.05) is 24.5 Å². The van der Waals surface area contributed by atoms with Gasteiger partial charge in [-0.3, -0.25) is 0 Å². The van der Waals surface area contributed by atoms with Crippen LogP contribution in [0.3, 0.4) is 0 Å². The highest BCUT2D eigenvalue weighted by molar-refractivity contribution is 5.89. The van der Waals surface area contributed by atoms with Gasteiger partial charge in [0.15, 0.2) is 0 Å². The number of amides is 2. The van der Waals surface area contributed by atoms with Gasteiger partial charge in [-0.25, -0.2) is 4.79 Å². The van der Waals surface area contributed by atoms with E-state index in [1.165, 1.54) is 6.07 Å². The third kappa shape index (κ3) is 3.34. The predicted octanol–water partition coefficient (Wildman–Crippen LogP) is 3.31. The number of urea groups is 1. The molecule has 0 bridgehead atoms. The van der Waals surface area contributed by atoms with Crippen LogP contribution in [0.25, 0.3) is 0 Å². The topological polar surface area (TPSA) is 58.4 Å². The highest BCUT2D eigenvalue weighted by Gasteiger charge is 2.33. The van der Waals surface area contributed by atoms with Crippen LogP contribution >= 0.6 is 0 Å². The maximum Gasteiger partial charge on any atom is 0.418 e. The maximum atomic E-state index is 12.7. The van der Waals surface area contributed by atoms with Crippen LogP contribution in [0.1, 0.15) is 24.8 Å². The summed E-state index contributed by atoms with van der Waals surface area (Å²) >= 11 is 0. The highest BCUT2D eigenvalue weighted by Crippen LogP contribution is 2.35. The molecule has 1 saturated heterocycles.